The van der Waals surface area contributed by atoms with Gasteiger partial charge in [-0.2, -0.15) is 0 Å². The number of carbonyl (C=O) groups excluding carboxylic acids is 1. The van der Waals surface area contributed by atoms with E-state index >= 15 is 0 Å². The van der Waals surface area contributed by atoms with Gasteiger partial charge in [0.15, 0.2) is 12.6 Å². The quantitative estimate of drug-likeness (QED) is 0.100. The van der Waals surface area contributed by atoms with Crippen LogP contribution in [0.3, 0.4) is 0 Å². The van der Waals surface area contributed by atoms with Crippen molar-refractivity contribution in [2.75, 3.05) is 19.8 Å². The number of aliphatic hydroxyl groups excluding tert-OH is 11. The van der Waals surface area contributed by atoms with Gasteiger partial charge in [-0.3, -0.25) is 4.79 Å². The molecule has 0 aromatic rings. The molecule has 0 saturated carbocycles. The Kier molecular flexibility index (Phi) is 12.1. The predicted octanol–water partition coefficient (Wildman–Crippen LogP) is -8.22. The molecule has 3 saturated heterocycles. The summed E-state index contributed by atoms with van der Waals surface area (Å²) in [6.45, 7) is -1.74. The highest BCUT2D eigenvalue weighted by atomic mass is 16.7. The van der Waals surface area contributed by atoms with Gasteiger partial charge in [0.1, 0.15) is 67.1 Å². The van der Waals surface area contributed by atoms with Gasteiger partial charge in [-0.1, -0.05) is 0 Å². The van der Waals surface area contributed by atoms with Gasteiger partial charge in [-0.05, 0) is 0 Å². The largest absolute Gasteiger partial charge is 0.477 e. The molecular weight excluding hydrogens is 594 g/mol. The summed E-state index contributed by atoms with van der Waals surface area (Å²) in [5.74, 6) is -5.42. The molecule has 3 fully saturated rings. The van der Waals surface area contributed by atoms with Gasteiger partial charge in [0, 0.05) is 13.3 Å². The zero-order valence-corrected chi connectivity index (χ0v) is 22.7. The molecule has 0 aromatic carbocycles. The summed E-state index contributed by atoms with van der Waals surface area (Å²) < 4.78 is 26.5. The van der Waals surface area contributed by atoms with Gasteiger partial charge in [-0.25, -0.2) is 4.79 Å². The zero-order valence-electron chi connectivity index (χ0n) is 22.7. The lowest BCUT2D eigenvalue weighted by atomic mass is 9.88. The number of carbonyl (C=O) groups is 2. The minimum atomic E-state index is -2.83. The van der Waals surface area contributed by atoms with E-state index < -0.39 is 136 Å². The second-order valence-electron chi connectivity index (χ2n) is 10.5. The molecule has 0 spiro atoms. The Morgan fingerprint density at radius 2 is 1.58 bits per heavy atom. The van der Waals surface area contributed by atoms with Crippen molar-refractivity contribution in [1.29, 1.82) is 0 Å². The maximum absolute atomic E-state index is 12.3. The van der Waals surface area contributed by atoms with Crippen LogP contribution in [-0.2, 0) is 33.3 Å². The monoisotopic (exact) mass is 633 g/mol. The average molecular weight is 634 g/mol. The predicted molar refractivity (Wildman–Crippen MR) is 130 cm³/mol. The van der Waals surface area contributed by atoms with E-state index in [0.29, 0.717) is 0 Å². The van der Waals surface area contributed by atoms with Crippen molar-refractivity contribution in [1.82, 2.24) is 5.32 Å². The number of nitrogens with one attached hydrogen (secondary N) is 1. The summed E-state index contributed by atoms with van der Waals surface area (Å²) in [7, 11) is 0. The molecule has 20 nitrogen and oxygen atoms in total. The van der Waals surface area contributed by atoms with E-state index in [4.69, 9.17) is 23.7 Å². The third-order valence-corrected chi connectivity index (χ3v) is 7.47. The fourth-order valence-corrected chi connectivity index (χ4v) is 5.04. The third kappa shape index (κ3) is 7.58. The minimum Gasteiger partial charge on any atom is -0.477 e. The average Bonchev–Trinajstić information content (AvgIpc) is 2.96. The summed E-state index contributed by atoms with van der Waals surface area (Å²) in [5.41, 5.74) is 0. The molecule has 1 unspecified atom stereocenters. The highest BCUT2D eigenvalue weighted by Gasteiger charge is 2.57. The van der Waals surface area contributed by atoms with E-state index in [1.807, 2.05) is 0 Å². The zero-order chi connectivity index (χ0) is 32.4. The molecule has 13 N–H and O–H groups in total. The van der Waals surface area contributed by atoms with Crippen molar-refractivity contribution in [3.63, 3.8) is 0 Å². The van der Waals surface area contributed by atoms with Crippen molar-refractivity contribution in [3.05, 3.63) is 0 Å². The number of carboxylic acids is 1. The van der Waals surface area contributed by atoms with E-state index in [0.717, 1.165) is 6.92 Å². The number of hydrogen-bond donors (Lipinski definition) is 13. The molecule has 20 heteroatoms. The Bertz CT molecular complexity index is 942. The second-order valence-corrected chi connectivity index (χ2v) is 10.5. The van der Waals surface area contributed by atoms with Crippen LogP contribution < -0.4 is 5.32 Å². The van der Waals surface area contributed by atoms with Crippen LogP contribution >= 0.6 is 0 Å². The molecule has 0 bridgehead atoms. The fourth-order valence-electron chi connectivity index (χ4n) is 5.04. The fraction of sp³-hybridized carbons (Fsp3) is 0.913. The standard InChI is InChI=1S/C23H39NO19/c1-6(27)24-11-7(28)2-23(22(37)38,43-18(11)12(30)8(29)3-25)39-5-10-14(32)19(17(35)20(36)40-10)42-21-16(34)15(33)13(31)9(4-26)41-21/h7-21,25-26,28-36H,2-5H2,1H3,(H,24,27)(H,37,38)/t7-,8+,9+,10+,11+,12+,13-,14-,15-,16+,17+,18+,19-,20?,21-,23+/m0/s1. The number of amides is 1. The number of aliphatic carboxylic acids is 1. The first kappa shape index (κ1) is 35.8. The Hall–Kier alpha value is -1.70. The van der Waals surface area contributed by atoms with E-state index in [1.165, 1.54) is 0 Å². The Labute approximate surface area is 243 Å². The van der Waals surface area contributed by atoms with Crippen molar-refractivity contribution in [2.45, 2.75) is 111 Å². The first-order chi connectivity index (χ1) is 20.1. The summed E-state index contributed by atoms with van der Waals surface area (Å²) >= 11 is 0. The number of ether oxygens (including phenoxy) is 5. The van der Waals surface area contributed by atoms with Crippen LogP contribution in [0.15, 0.2) is 0 Å². The van der Waals surface area contributed by atoms with Gasteiger partial charge < -0.3 is 90.3 Å². The van der Waals surface area contributed by atoms with Crippen LogP contribution in [-0.4, -0.2) is 191 Å². The molecule has 3 rings (SSSR count). The Morgan fingerprint density at radius 1 is 0.930 bits per heavy atom. The molecule has 3 aliphatic rings. The van der Waals surface area contributed by atoms with Crippen molar-refractivity contribution < 1.29 is 94.6 Å². The first-order valence-corrected chi connectivity index (χ1v) is 13.2. The lowest BCUT2D eigenvalue weighted by Gasteiger charge is -2.48. The van der Waals surface area contributed by atoms with Crippen LogP contribution in [0.2, 0.25) is 0 Å². The summed E-state index contributed by atoms with van der Waals surface area (Å²) in [4.78, 5) is 24.0. The highest BCUT2D eigenvalue weighted by molar-refractivity contribution is 5.76. The molecule has 43 heavy (non-hydrogen) atoms. The van der Waals surface area contributed by atoms with E-state index in [-0.39, 0.29) is 0 Å². The topological polar surface area (TPSA) is 335 Å². The summed E-state index contributed by atoms with van der Waals surface area (Å²) in [6.07, 6.45) is -27.0. The van der Waals surface area contributed by atoms with E-state index in [1.54, 1.807) is 0 Å². The molecule has 3 heterocycles. The van der Waals surface area contributed by atoms with Crippen molar-refractivity contribution in [2.24, 2.45) is 0 Å². The molecular formula is C23H39NO19. The SMILES string of the molecule is CC(=O)N[C@H]1[C@H]([C@H](O)[C@H](O)CO)O[C@@](OC[C@H]2OC(O)[C@H](O)[C@@H](O[C@@H]3O[C@H](CO)[C@H](O)[C@H](O)[C@H]3O)[C@H]2O)(C(=O)O)C[C@@H]1O. The molecule has 1 amide bonds. The number of aliphatic hydroxyl groups is 11. The lowest BCUT2D eigenvalue weighted by Crippen LogP contribution is -2.68. The van der Waals surface area contributed by atoms with Gasteiger partial charge in [0.25, 0.3) is 5.79 Å². The van der Waals surface area contributed by atoms with Crippen molar-refractivity contribution >= 4 is 11.9 Å². The van der Waals surface area contributed by atoms with Crippen LogP contribution in [0.1, 0.15) is 13.3 Å². The van der Waals surface area contributed by atoms with Crippen molar-refractivity contribution in [3.8, 4) is 0 Å². The van der Waals surface area contributed by atoms with Gasteiger partial charge >= 0.3 is 5.97 Å². The maximum atomic E-state index is 12.3. The molecule has 16 atom stereocenters. The van der Waals surface area contributed by atoms with Crippen LogP contribution in [0, 0.1) is 0 Å². The number of hydrogen-bond acceptors (Lipinski definition) is 18. The first-order valence-electron chi connectivity index (χ1n) is 13.2. The normalized spacial score (nSPS) is 45.3. The van der Waals surface area contributed by atoms with Gasteiger partial charge in [0.2, 0.25) is 5.91 Å². The maximum Gasteiger partial charge on any atom is 0.364 e. The third-order valence-electron chi connectivity index (χ3n) is 7.47. The smallest absolute Gasteiger partial charge is 0.364 e. The number of rotatable bonds is 11. The molecule has 0 aromatic heterocycles. The van der Waals surface area contributed by atoms with Gasteiger partial charge in [-0.15, -0.1) is 0 Å². The van der Waals surface area contributed by atoms with Gasteiger partial charge in [0.05, 0.1) is 32.0 Å². The van der Waals surface area contributed by atoms with Crippen LogP contribution in [0.4, 0.5) is 0 Å². The molecule has 0 radical (unpaired) electrons. The summed E-state index contributed by atoms with van der Waals surface area (Å²) in [6, 6.07) is -1.48. The number of carboxylic acid groups (broad SMARTS) is 1. The lowest BCUT2D eigenvalue weighted by molar-refractivity contribution is -0.364. The summed E-state index contributed by atoms with van der Waals surface area (Å²) in [5, 5.41) is 124. The molecule has 250 valence electrons. The van der Waals surface area contributed by atoms with E-state index in [9.17, 15) is 70.9 Å². The second kappa shape index (κ2) is 14.6. The Balaban J connectivity index is 1.81. The molecule has 0 aliphatic carbocycles. The van der Waals surface area contributed by atoms with E-state index in [2.05, 4.69) is 5.32 Å². The van der Waals surface area contributed by atoms with Crippen LogP contribution in [0.5, 0.6) is 0 Å². The molecule has 3 aliphatic heterocycles. The Morgan fingerprint density at radius 3 is 2.14 bits per heavy atom. The highest BCUT2D eigenvalue weighted by Crippen LogP contribution is 2.35. The van der Waals surface area contributed by atoms with Crippen LogP contribution in [0.25, 0.3) is 0 Å². The minimum absolute atomic E-state index is 0.719.